The van der Waals surface area contributed by atoms with Crippen molar-refractivity contribution in [3.8, 4) is 0 Å². The Morgan fingerprint density at radius 2 is 1.82 bits per heavy atom. The molecule has 1 amide bonds. The van der Waals surface area contributed by atoms with Gasteiger partial charge in [-0.1, -0.05) is 39.0 Å². The molecule has 17 heavy (non-hydrogen) atoms. The lowest BCUT2D eigenvalue weighted by atomic mass is 10.0. The summed E-state index contributed by atoms with van der Waals surface area (Å²) in [5.74, 6) is 0.396. The molecule has 1 aliphatic heterocycles. The second kappa shape index (κ2) is 8.54. The second-order valence-electron chi connectivity index (χ2n) is 5.45. The van der Waals surface area contributed by atoms with Crippen LogP contribution in [0.3, 0.4) is 0 Å². The van der Waals surface area contributed by atoms with Crippen LogP contribution in [0.5, 0.6) is 0 Å². The number of hydrogen-bond acceptors (Lipinski definition) is 1. The van der Waals surface area contributed by atoms with Crippen molar-refractivity contribution >= 4 is 5.91 Å². The lowest BCUT2D eigenvalue weighted by Gasteiger charge is -2.33. The standard InChI is InChI=1S/C15H29NO/c1-3-4-5-6-7-8-12-15(17)16-13-10-9-11-14(16)2/h14H,3-13H2,1-2H3/t14-/m1/s1. The van der Waals surface area contributed by atoms with Crippen LogP contribution in [0.1, 0.15) is 78.1 Å². The van der Waals surface area contributed by atoms with E-state index >= 15 is 0 Å². The lowest BCUT2D eigenvalue weighted by molar-refractivity contribution is -0.134. The Labute approximate surface area is 107 Å². The zero-order chi connectivity index (χ0) is 12.5. The van der Waals surface area contributed by atoms with E-state index in [0.717, 1.165) is 19.4 Å². The van der Waals surface area contributed by atoms with E-state index in [0.29, 0.717) is 11.9 Å². The van der Waals surface area contributed by atoms with E-state index in [9.17, 15) is 4.79 Å². The van der Waals surface area contributed by atoms with Gasteiger partial charge >= 0.3 is 0 Å². The van der Waals surface area contributed by atoms with Gasteiger partial charge < -0.3 is 4.90 Å². The van der Waals surface area contributed by atoms with Crippen LogP contribution in [0, 0.1) is 0 Å². The van der Waals surface area contributed by atoms with E-state index in [2.05, 4.69) is 18.7 Å². The second-order valence-corrected chi connectivity index (χ2v) is 5.45. The molecule has 1 heterocycles. The SMILES string of the molecule is CCCCCCCCC(=O)N1CCCC[C@H]1C. The van der Waals surface area contributed by atoms with Crippen molar-refractivity contribution in [3.63, 3.8) is 0 Å². The van der Waals surface area contributed by atoms with Crippen molar-refractivity contribution in [1.82, 2.24) is 4.90 Å². The largest absolute Gasteiger partial charge is 0.340 e. The van der Waals surface area contributed by atoms with E-state index in [-0.39, 0.29) is 0 Å². The molecule has 1 aliphatic rings. The van der Waals surface area contributed by atoms with Crippen molar-refractivity contribution in [2.75, 3.05) is 6.54 Å². The number of piperidine rings is 1. The van der Waals surface area contributed by atoms with Gasteiger partial charge in [-0.3, -0.25) is 4.79 Å². The maximum Gasteiger partial charge on any atom is 0.222 e. The summed E-state index contributed by atoms with van der Waals surface area (Å²) in [4.78, 5) is 14.1. The third kappa shape index (κ3) is 5.56. The Morgan fingerprint density at radius 1 is 1.12 bits per heavy atom. The summed E-state index contributed by atoms with van der Waals surface area (Å²) in [6, 6.07) is 0.483. The fourth-order valence-electron chi connectivity index (χ4n) is 2.67. The maximum atomic E-state index is 12.0. The number of rotatable bonds is 7. The first-order chi connectivity index (χ1) is 8.25. The molecule has 0 unspecified atom stereocenters. The number of unbranched alkanes of at least 4 members (excludes halogenated alkanes) is 5. The van der Waals surface area contributed by atoms with Gasteiger partial charge in [0.05, 0.1) is 0 Å². The normalized spacial score (nSPS) is 20.6. The molecule has 100 valence electrons. The van der Waals surface area contributed by atoms with Crippen molar-refractivity contribution in [2.24, 2.45) is 0 Å². The Morgan fingerprint density at radius 3 is 2.53 bits per heavy atom. The van der Waals surface area contributed by atoms with E-state index in [1.54, 1.807) is 0 Å². The van der Waals surface area contributed by atoms with Gasteiger partial charge in [0.2, 0.25) is 5.91 Å². The van der Waals surface area contributed by atoms with Crippen molar-refractivity contribution in [3.05, 3.63) is 0 Å². The van der Waals surface area contributed by atoms with E-state index in [1.807, 2.05) is 0 Å². The van der Waals surface area contributed by atoms with E-state index < -0.39 is 0 Å². The van der Waals surface area contributed by atoms with Crippen LogP contribution in [0.25, 0.3) is 0 Å². The molecule has 0 aromatic heterocycles. The first kappa shape index (κ1) is 14.5. The molecule has 0 saturated carbocycles. The molecule has 0 aliphatic carbocycles. The van der Waals surface area contributed by atoms with E-state index in [4.69, 9.17) is 0 Å². The van der Waals surface area contributed by atoms with Crippen molar-refractivity contribution < 1.29 is 4.79 Å². The molecular formula is C15H29NO. The quantitative estimate of drug-likeness (QED) is 0.611. The summed E-state index contributed by atoms with van der Waals surface area (Å²) in [7, 11) is 0. The first-order valence-electron chi connectivity index (χ1n) is 7.55. The van der Waals surface area contributed by atoms with Crippen LogP contribution in [0.2, 0.25) is 0 Å². The van der Waals surface area contributed by atoms with Gasteiger partial charge in [-0.25, -0.2) is 0 Å². The van der Waals surface area contributed by atoms with Crippen LogP contribution >= 0.6 is 0 Å². The van der Waals surface area contributed by atoms with Gasteiger partial charge in [0.25, 0.3) is 0 Å². The van der Waals surface area contributed by atoms with Gasteiger partial charge in [-0.2, -0.15) is 0 Å². The fraction of sp³-hybridized carbons (Fsp3) is 0.933. The molecule has 2 nitrogen and oxygen atoms in total. The monoisotopic (exact) mass is 239 g/mol. The minimum absolute atomic E-state index is 0.396. The molecule has 1 rings (SSSR count). The van der Waals surface area contributed by atoms with Crippen LogP contribution in [0.15, 0.2) is 0 Å². The topological polar surface area (TPSA) is 20.3 Å². The third-order valence-electron chi connectivity index (χ3n) is 3.87. The van der Waals surface area contributed by atoms with Crippen LogP contribution in [0.4, 0.5) is 0 Å². The number of likely N-dealkylation sites (tertiary alicyclic amines) is 1. The molecular weight excluding hydrogens is 210 g/mol. The molecule has 0 bridgehead atoms. The summed E-state index contributed by atoms with van der Waals surface area (Å²) in [6.45, 7) is 5.43. The predicted molar refractivity (Wildman–Crippen MR) is 73.0 cm³/mol. The maximum absolute atomic E-state index is 12.0. The molecule has 1 atom stereocenters. The smallest absolute Gasteiger partial charge is 0.222 e. The highest BCUT2D eigenvalue weighted by Crippen LogP contribution is 2.18. The number of carbonyl (C=O) groups is 1. The van der Waals surface area contributed by atoms with Gasteiger partial charge in [0.15, 0.2) is 0 Å². The summed E-state index contributed by atoms with van der Waals surface area (Å²) >= 11 is 0. The average molecular weight is 239 g/mol. The Hall–Kier alpha value is -0.530. The molecule has 0 aromatic rings. The Balaban J connectivity index is 2.07. The number of carbonyl (C=O) groups excluding carboxylic acids is 1. The fourth-order valence-corrected chi connectivity index (χ4v) is 2.67. The molecule has 0 radical (unpaired) electrons. The lowest BCUT2D eigenvalue weighted by Crippen LogP contribution is -2.41. The van der Waals surface area contributed by atoms with Gasteiger partial charge in [0, 0.05) is 19.0 Å². The molecule has 1 fully saturated rings. The Kier molecular flexibility index (Phi) is 7.30. The van der Waals surface area contributed by atoms with Crippen molar-refractivity contribution in [2.45, 2.75) is 84.1 Å². The summed E-state index contributed by atoms with van der Waals surface area (Å²) < 4.78 is 0. The van der Waals surface area contributed by atoms with Crippen LogP contribution < -0.4 is 0 Å². The first-order valence-corrected chi connectivity index (χ1v) is 7.55. The van der Waals surface area contributed by atoms with Crippen LogP contribution in [-0.2, 0) is 4.79 Å². The van der Waals surface area contributed by atoms with Gasteiger partial charge in [-0.05, 0) is 32.6 Å². The van der Waals surface area contributed by atoms with E-state index in [1.165, 1.54) is 51.4 Å². The number of amides is 1. The van der Waals surface area contributed by atoms with Gasteiger partial charge in [0.1, 0.15) is 0 Å². The van der Waals surface area contributed by atoms with Crippen molar-refractivity contribution in [1.29, 1.82) is 0 Å². The highest BCUT2D eigenvalue weighted by Gasteiger charge is 2.22. The molecule has 0 aromatic carbocycles. The highest BCUT2D eigenvalue weighted by atomic mass is 16.2. The summed E-state index contributed by atoms with van der Waals surface area (Å²) in [5.41, 5.74) is 0. The predicted octanol–water partition coefficient (Wildman–Crippen LogP) is 4.14. The molecule has 2 heteroatoms. The summed E-state index contributed by atoms with van der Waals surface area (Å²) in [6.07, 6.45) is 12.1. The zero-order valence-electron chi connectivity index (χ0n) is 11.7. The highest BCUT2D eigenvalue weighted by molar-refractivity contribution is 5.76. The number of hydrogen-bond donors (Lipinski definition) is 0. The zero-order valence-corrected chi connectivity index (χ0v) is 11.7. The minimum atomic E-state index is 0.396. The molecule has 1 saturated heterocycles. The molecule has 0 spiro atoms. The third-order valence-corrected chi connectivity index (χ3v) is 3.87. The Bertz CT molecular complexity index is 215. The number of nitrogens with zero attached hydrogens (tertiary/aromatic N) is 1. The van der Waals surface area contributed by atoms with Gasteiger partial charge in [-0.15, -0.1) is 0 Å². The molecule has 0 N–H and O–H groups in total. The van der Waals surface area contributed by atoms with Crippen LogP contribution in [-0.4, -0.2) is 23.4 Å². The average Bonchev–Trinajstić information content (AvgIpc) is 2.34. The summed E-state index contributed by atoms with van der Waals surface area (Å²) in [5, 5.41) is 0. The minimum Gasteiger partial charge on any atom is -0.340 e.